The minimum Gasteiger partial charge on any atom is -0.377 e. The number of fused-ring (bicyclic) bond motifs is 1. The number of rotatable bonds is 5. The Hall–Kier alpha value is -2.52. The second kappa shape index (κ2) is 9.85. The minimum atomic E-state index is 0.0171. The van der Waals surface area contributed by atoms with Crippen LogP contribution in [0.1, 0.15) is 22.6 Å². The number of piperazine rings is 1. The van der Waals surface area contributed by atoms with Crippen LogP contribution in [0.3, 0.4) is 0 Å². The first-order chi connectivity index (χ1) is 17.1. The number of hydrogen-bond donors (Lipinski definition) is 1. The summed E-state index contributed by atoms with van der Waals surface area (Å²) in [5.41, 5.74) is 6.25. The van der Waals surface area contributed by atoms with Gasteiger partial charge in [0.15, 0.2) is 0 Å². The molecule has 0 atom stereocenters. The number of nitrogens with one attached hydrogen (secondary N) is 1. The first-order valence-corrected chi connectivity index (χ1v) is 13.5. The van der Waals surface area contributed by atoms with Gasteiger partial charge in [0.05, 0.1) is 24.9 Å². The predicted octanol–water partition coefficient (Wildman–Crippen LogP) is 3.24. The monoisotopic (exact) mass is 491 g/mol. The van der Waals surface area contributed by atoms with Crippen LogP contribution < -0.4 is 5.32 Å². The highest BCUT2D eigenvalue weighted by molar-refractivity contribution is 7.15. The Morgan fingerprint density at radius 1 is 1.17 bits per heavy atom. The quantitative estimate of drug-likeness (QED) is 0.696. The number of likely N-dealkylation sites (N-methyl/N-ethyl adjacent to an activating group) is 1. The summed E-state index contributed by atoms with van der Waals surface area (Å²) in [6.45, 7) is 8.25. The number of carbonyl (C=O) groups is 1. The third-order valence-electron chi connectivity index (χ3n) is 7.49. The molecular formula is C27H33N5O2S. The molecule has 0 saturated carbocycles. The van der Waals surface area contributed by atoms with E-state index in [4.69, 9.17) is 9.72 Å². The fourth-order valence-corrected chi connectivity index (χ4v) is 6.20. The van der Waals surface area contributed by atoms with Crippen LogP contribution >= 0.6 is 11.3 Å². The lowest BCUT2D eigenvalue weighted by Gasteiger charge is -2.32. The van der Waals surface area contributed by atoms with Crippen molar-refractivity contribution in [1.82, 2.24) is 25.0 Å². The molecular weight excluding hydrogens is 458 g/mol. The van der Waals surface area contributed by atoms with E-state index in [-0.39, 0.29) is 12.1 Å². The topological polar surface area (TPSA) is 60.9 Å². The molecule has 0 radical (unpaired) electrons. The lowest BCUT2D eigenvalue weighted by atomic mass is 9.95. The number of allylic oxidation sites excluding steroid dienone is 2. The molecule has 184 valence electrons. The number of pyridine rings is 1. The summed E-state index contributed by atoms with van der Waals surface area (Å²) in [4.78, 5) is 26.9. The van der Waals surface area contributed by atoms with Crippen LogP contribution in [-0.4, -0.2) is 91.3 Å². The molecule has 2 amide bonds. The van der Waals surface area contributed by atoms with E-state index in [0.29, 0.717) is 19.8 Å². The third-order valence-corrected chi connectivity index (χ3v) is 8.61. The van der Waals surface area contributed by atoms with Gasteiger partial charge in [-0.25, -0.2) is 4.79 Å². The zero-order valence-corrected chi connectivity index (χ0v) is 21.1. The van der Waals surface area contributed by atoms with Gasteiger partial charge in [-0.2, -0.15) is 0 Å². The van der Waals surface area contributed by atoms with Crippen LogP contribution in [0.4, 0.5) is 4.79 Å². The van der Waals surface area contributed by atoms with Crippen molar-refractivity contribution in [2.24, 2.45) is 0 Å². The number of urea groups is 1. The van der Waals surface area contributed by atoms with E-state index in [2.05, 4.69) is 52.5 Å². The van der Waals surface area contributed by atoms with Gasteiger partial charge in [-0.15, -0.1) is 11.3 Å². The molecule has 4 aliphatic rings. The van der Waals surface area contributed by atoms with Crippen LogP contribution in [0, 0.1) is 0 Å². The van der Waals surface area contributed by atoms with Gasteiger partial charge in [-0.3, -0.25) is 9.88 Å². The molecule has 7 nitrogen and oxygen atoms in total. The molecule has 2 aromatic heterocycles. The summed E-state index contributed by atoms with van der Waals surface area (Å²) in [7, 11) is 2.20. The third kappa shape index (κ3) is 4.93. The van der Waals surface area contributed by atoms with E-state index in [0.717, 1.165) is 57.8 Å². The molecule has 2 aromatic rings. The molecule has 2 fully saturated rings. The van der Waals surface area contributed by atoms with E-state index in [9.17, 15) is 4.79 Å². The second-order valence-corrected chi connectivity index (χ2v) is 11.2. The maximum atomic E-state index is 12.5. The Kier molecular flexibility index (Phi) is 6.45. The average Bonchev–Trinajstić information content (AvgIpc) is 3.49. The zero-order chi connectivity index (χ0) is 23.8. The van der Waals surface area contributed by atoms with Crippen molar-refractivity contribution in [2.45, 2.75) is 25.4 Å². The van der Waals surface area contributed by atoms with Gasteiger partial charge in [-0.05, 0) is 42.8 Å². The Bertz CT molecular complexity index is 1160. The minimum absolute atomic E-state index is 0.0171. The van der Waals surface area contributed by atoms with Gasteiger partial charge in [0.2, 0.25) is 0 Å². The molecule has 0 spiro atoms. The highest BCUT2D eigenvalue weighted by Crippen LogP contribution is 2.38. The standard InChI is InChI=1S/C27H33N5O2S/c1-30-10-12-31(13-11-30)16-22-2-5-26(35-22)20-14-24-23(3-4-25(24)28-15-20)19-6-8-32(9-7-19)27(33)29-21-17-34-18-21/h2-3,5-6,14-15,21H,4,7-13,16-18H2,1H3,(H,29,33). The average molecular weight is 492 g/mol. The van der Waals surface area contributed by atoms with Gasteiger partial charge in [-0.1, -0.05) is 12.2 Å². The van der Waals surface area contributed by atoms with Crippen LogP contribution in [0.25, 0.3) is 16.0 Å². The molecule has 3 aliphatic heterocycles. The number of amides is 2. The van der Waals surface area contributed by atoms with E-state index >= 15 is 0 Å². The fourth-order valence-electron chi connectivity index (χ4n) is 5.16. The molecule has 8 heteroatoms. The predicted molar refractivity (Wildman–Crippen MR) is 139 cm³/mol. The Labute approximate surface area is 211 Å². The van der Waals surface area contributed by atoms with Crippen LogP contribution in [0.2, 0.25) is 0 Å². The van der Waals surface area contributed by atoms with Crippen LogP contribution in [0.15, 0.2) is 42.1 Å². The number of thiophene rings is 1. The fraction of sp³-hybridized carbons (Fsp3) is 0.481. The maximum Gasteiger partial charge on any atom is 0.318 e. The van der Waals surface area contributed by atoms with Gasteiger partial charge < -0.3 is 19.9 Å². The SMILES string of the molecule is CN1CCN(Cc2ccc(-c3cnc4c(c3)C(C3=CCN(C(=O)NC5COC5)CC3)=CC4)s2)CC1. The van der Waals surface area contributed by atoms with E-state index < -0.39 is 0 Å². The van der Waals surface area contributed by atoms with Gasteiger partial charge >= 0.3 is 6.03 Å². The summed E-state index contributed by atoms with van der Waals surface area (Å²) in [5.74, 6) is 0. The van der Waals surface area contributed by atoms with Crippen molar-refractivity contribution in [1.29, 1.82) is 0 Å². The lowest BCUT2D eigenvalue weighted by molar-refractivity contribution is -0.00190. The first kappa shape index (κ1) is 22.9. The number of ether oxygens (including phenoxy) is 1. The normalized spacial score (nSPS) is 21.3. The van der Waals surface area contributed by atoms with Gasteiger partial charge in [0, 0.05) is 79.3 Å². The molecule has 6 rings (SSSR count). The number of carbonyl (C=O) groups excluding carboxylic acids is 1. The van der Waals surface area contributed by atoms with Crippen LogP contribution in [-0.2, 0) is 17.7 Å². The van der Waals surface area contributed by atoms with E-state index in [1.54, 1.807) is 0 Å². The molecule has 0 unspecified atom stereocenters. The van der Waals surface area contributed by atoms with E-state index in [1.807, 2.05) is 22.4 Å². The van der Waals surface area contributed by atoms with E-state index in [1.165, 1.54) is 32.0 Å². The van der Waals surface area contributed by atoms with Crippen molar-refractivity contribution in [3.63, 3.8) is 0 Å². The largest absolute Gasteiger partial charge is 0.377 e. The summed E-state index contributed by atoms with van der Waals surface area (Å²) in [6.07, 6.45) is 8.31. The molecule has 35 heavy (non-hydrogen) atoms. The zero-order valence-electron chi connectivity index (χ0n) is 20.3. The van der Waals surface area contributed by atoms with Gasteiger partial charge in [0.25, 0.3) is 0 Å². The summed E-state index contributed by atoms with van der Waals surface area (Å²) in [6, 6.07) is 7.04. The molecule has 2 saturated heterocycles. The Morgan fingerprint density at radius 3 is 2.77 bits per heavy atom. The Morgan fingerprint density at radius 2 is 2.03 bits per heavy atom. The second-order valence-electron chi connectivity index (χ2n) is 9.99. The highest BCUT2D eigenvalue weighted by atomic mass is 32.1. The summed E-state index contributed by atoms with van der Waals surface area (Å²) < 4.78 is 5.16. The molecule has 1 N–H and O–H groups in total. The molecule has 5 heterocycles. The molecule has 0 aromatic carbocycles. The first-order valence-electron chi connectivity index (χ1n) is 12.6. The number of aromatic nitrogens is 1. The molecule has 1 aliphatic carbocycles. The van der Waals surface area contributed by atoms with Crippen molar-refractivity contribution in [3.8, 4) is 10.4 Å². The van der Waals surface area contributed by atoms with Crippen molar-refractivity contribution in [2.75, 3.05) is 59.5 Å². The number of hydrogen-bond acceptors (Lipinski definition) is 6. The molecule has 0 bridgehead atoms. The van der Waals surface area contributed by atoms with Gasteiger partial charge in [0.1, 0.15) is 0 Å². The van der Waals surface area contributed by atoms with Crippen LogP contribution in [0.5, 0.6) is 0 Å². The van der Waals surface area contributed by atoms with Crippen molar-refractivity contribution < 1.29 is 9.53 Å². The number of nitrogens with zero attached hydrogens (tertiary/aromatic N) is 4. The highest BCUT2D eigenvalue weighted by Gasteiger charge is 2.27. The maximum absolute atomic E-state index is 12.5. The lowest BCUT2D eigenvalue weighted by Crippen LogP contribution is -2.53. The smallest absolute Gasteiger partial charge is 0.318 e. The summed E-state index contributed by atoms with van der Waals surface area (Å²) in [5, 5.41) is 3.05. The Balaban J connectivity index is 1.13. The summed E-state index contributed by atoms with van der Waals surface area (Å²) >= 11 is 1.89. The van der Waals surface area contributed by atoms with Crippen molar-refractivity contribution in [3.05, 3.63) is 58.3 Å². The van der Waals surface area contributed by atoms with Crippen molar-refractivity contribution >= 4 is 22.9 Å².